The number of pyridine rings is 1. The summed E-state index contributed by atoms with van der Waals surface area (Å²) in [5.74, 6) is -0.530. The molecule has 1 aromatic heterocycles. The minimum absolute atomic E-state index is 0.139. The molecular weight excluding hydrogens is 302 g/mol. The Morgan fingerprint density at radius 1 is 1.12 bits per heavy atom. The smallest absolute Gasteiger partial charge is 0.292 e. The van der Waals surface area contributed by atoms with Crippen LogP contribution in [0.25, 0.3) is 10.8 Å². The number of aliphatic hydroxyl groups excluding tert-OH is 1. The number of carbonyl (C=O) groups is 1. The Morgan fingerprint density at radius 2 is 1.92 bits per heavy atom. The topological polar surface area (TPSA) is 65.5 Å². The van der Waals surface area contributed by atoms with E-state index in [1.54, 1.807) is 11.1 Å². The second-order valence-corrected chi connectivity index (χ2v) is 6.52. The number of hydrogen-bond acceptors (Lipinski definition) is 4. The molecule has 5 heteroatoms. The van der Waals surface area contributed by atoms with Gasteiger partial charge in [0.05, 0.1) is 5.69 Å². The third-order valence-electron chi connectivity index (χ3n) is 5.04. The quantitative estimate of drug-likeness (QED) is 0.889. The molecule has 0 bridgehead atoms. The average molecular weight is 323 g/mol. The number of rotatable bonds is 2. The number of nitrogens with one attached hydrogen (secondary N) is 1. The maximum Gasteiger partial charge on any atom is 0.292 e. The van der Waals surface area contributed by atoms with Crippen LogP contribution in [0.1, 0.15) is 44.0 Å². The molecule has 2 heterocycles. The average Bonchev–Trinajstić information content (AvgIpc) is 2.64. The molecule has 1 aliphatic carbocycles. The van der Waals surface area contributed by atoms with Crippen LogP contribution in [0.2, 0.25) is 0 Å². The molecule has 1 aliphatic heterocycles. The van der Waals surface area contributed by atoms with E-state index in [1.165, 1.54) is 12.6 Å². The monoisotopic (exact) mass is 323 g/mol. The first-order valence-electron chi connectivity index (χ1n) is 8.57. The van der Waals surface area contributed by atoms with Crippen molar-refractivity contribution in [2.24, 2.45) is 0 Å². The highest BCUT2D eigenvalue weighted by molar-refractivity contribution is 5.93. The fraction of sp³-hybridized carbons (Fsp3) is 0.368. The fourth-order valence-corrected chi connectivity index (χ4v) is 3.86. The SMILES string of the molecule is O=C1C(O)=CNC(c2nccc3ccccc23)N1C1CCCCC1. The molecule has 1 saturated carbocycles. The highest BCUT2D eigenvalue weighted by atomic mass is 16.3. The number of amides is 1. The Labute approximate surface area is 141 Å². The first-order valence-corrected chi connectivity index (χ1v) is 8.57. The van der Waals surface area contributed by atoms with Gasteiger partial charge >= 0.3 is 0 Å². The number of aromatic nitrogens is 1. The summed E-state index contributed by atoms with van der Waals surface area (Å²) in [7, 11) is 0. The molecule has 124 valence electrons. The lowest BCUT2D eigenvalue weighted by Gasteiger charge is -2.41. The maximum absolute atomic E-state index is 12.7. The van der Waals surface area contributed by atoms with Crippen LogP contribution in [-0.4, -0.2) is 26.9 Å². The number of benzene rings is 1. The molecule has 1 aromatic carbocycles. The van der Waals surface area contributed by atoms with Gasteiger partial charge in [-0.3, -0.25) is 9.78 Å². The number of nitrogens with zero attached hydrogens (tertiary/aromatic N) is 2. The van der Waals surface area contributed by atoms with Crippen LogP contribution in [0.3, 0.4) is 0 Å². The van der Waals surface area contributed by atoms with Crippen molar-refractivity contribution in [1.29, 1.82) is 0 Å². The van der Waals surface area contributed by atoms with Gasteiger partial charge in [0.25, 0.3) is 5.91 Å². The lowest BCUT2D eigenvalue weighted by Crippen LogP contribution is -2.51. The van der Waals surface area contributed by atoms with Crippen LogP contribution in [-0.2, 0) is 4.79 Å². The van der Waals surface area contributed by atoms with E-state index < -0.39 is 0 Å². The highest BCUT2D eigenvalue weighted by Gasteiger charge is 2.37. The van der Waals surface area contributed by atoms with Crippen LogP contribution >= 0.6 is 0 Å². The number of fused-ring (bicyclic) bond motifs is 1. The van der Waals surface area contributed by atoms with Crippen molar-refractivity contribution in [3.8, 4) is 0 Å². The van der Waals surface area contributed by atoms with E-state index in [0.717, 1.165) is 42.1 Å². The highest BCUT2D eigenvalue weighted by Crippen LogP contribution is 2.33. The van der Waals surface area contributed by atoms with Crippen LogP contribution in [0.15, 0.2) is 48.5 Å². The Bertz CT molecular complexity index is 791. The lowest BCUT2D eigenvalue weighted by atomic mass is 9.92. The van der Waals surface area contributed by atoms with Crippen molar-refractivity contribution in [2.45, 2.75) is 44.3 Å². The third kappa shape index (κ3) is 2.50. The van der Waals surface area contributed by atoms with Gasteiger partial charge in [0.2, 0.25) is 0 Å². The normalized spacial score (nSPS) is 22.3. The summed E-state index contributed by atoms with van der Waals surface area (Å²) in [5, 5.41) is 15.3. The van der Waals surface area contributed by atoms with E-state index in [9.17, 15) is 9.90 Å². The van der Waals surface area contributed by atoms with Gasteiger partial charge < -0.3 is 15.3 Å². The summed E-state index contributed by atoms with van der Waals surface area (Å²) in [6.07, 6.45) is 8.23. The van der Waals surface area contributed by atoms with Crippen LogP contribution in [0.4, 0.5) is 0 Å². The van der Waals surface area contributed by atoms with Crippen molar-refractivity contribution >= 4 is 16.7 Å². The molecule has 2 aliphatic rings. The number of aliphatic hydroxyl groups is 1. The Morgan fingerprint density at radius 3 is 2.75 bits per heavy atom. The van der Waals surface area contributed by atoms with Crippen molar-refractivity contribution in [1.82, 2.24) is 15.2 Å². The van der Waals surface area contributed by atoms with E-state index in [1.807, 2.05) is 30.3 Å². The molecule has 0 saturated heterocycles. The van der Waals surface area contributed by atoms with Crippen molar-refractivity contribution in [3.05, 3.63) is 54.2 Å². The van der Waals surface area contributed by atoms with Crippen LogP contribution < -0.4 is 5.32 Å². The van der Waals surface area contributed by atoms with Gasteiger partial charge in [0.15, 0.2) is 5.76 Å². The zero-order valence-electron chi connectivity index (χ0n) is 13.5. The van der Waals surface area contributed by atoms with Crippen molar-refractivity contribution in [2.75, 3.05) is 0 Å². The summed E-state index contributed by atoms with van der Waals surface area (Å²) >= 11 is 0. The number of hydrogen-bond donors (Lipinski definition) is 2. The minimum atomic E-state index is -0.345. The van der Waals surface area contributed by atoms with Gasteiger partial charge in [-0.25, -0.2) is 0 Å². The Hall–Kier alpha value is -2.56. The first-order chi connectivity index (χ1) is 11.8. The molecule has 2 N–H and O–H groups in total. The van der Waals surface area contributed by atoms with Crippen LogP contribution in [0, 0.1) is 0 Å². The summed E-state index contributed by atoms with van der Waals surface area (Å²) in [5.41, 5.74) is 0.829. The second kappa shape index (κ2) is 6.15. The first kappa shape index (κ1) is 15.0. The largest absolute Gasteiger partial charge is 0.502 e. The van der Waals surface area contributed by atoms with Gasteiger partial charge in [0, 0.05) is 23.8 Å². The zero-order valence-corrected chi connectivity index (χ0v) is 13.5. The maximum atomic E-state index is 12.7. The molecule has 24 heavy (non-hydrogen) atoms. The lowest BCUT2D eigenvalue weighted by molar-refractivity contribution is -0.138. The molecule has 0 spiro atoms. The molecule has 5 nitrogen and oxygen atoms in total. The van der Waals surface area contributed by atoms with Crippen molar-refractivity contribution < 1.29 is 9.90 Å². The molecule has 1 fully saturated rings. The van der Waals surface area contributed by atoms with Gasteiger partial charge in [-0.05, 0) is 24.3 Å². The van der Waals surface area contributed by atoms with Gasteiger partial charge in [-0.2, -0.15) is 0 Å². The molecule has 2 aromatic rings. The second-order valence-electron chi connectivity index (χ2n) is 6.52. The Balaban J connectivity index is 1.80. The third-order valence-corrected chi connectivity index (χ3v) is 5.04. The van der Waals surface area contributed by atoms with E-state index in [-0.39, 0.29) is 23.9 Å². The van der Waals surface area contributed by atoms with Gasteiger partial charge in [-0.1, -0.05) is 43.5 Å². The molecule has 4 rings (SSSR count). The van der Waals surface area contributed by atoms with Gasteiger partial charge in [-0.15, -0.1) is 0 Å². The zero-order chi connectivity index (χ0) is 16.5. The predicted octanol–water partition coefficient (Wildman–Crippen LogP) is 3.40. The summed E-state index contributed by atoms with van der Waals surface area (Å²) in [6, 6.07) is 10.2. The molecule has 1 atom stereocenters. The number of carbonyl (C=O) groups excluding carboxylic acids is 1. The summed E-state index contributed by atoms with van der Waals surface area (Å²) in [6.45, 7) is 0. The Kier molecular flexibility index (Phi) is 3.84. The molecule has 0 radical (unpaired) electrons. The van der Waals surface area contributed by atoms with Gasteiger partial charge in [0.1, 0.15) is 6.17 Å². The fourth-order valence-electron chi connectivity index (χ4n) is 3.86. The van der Waals surface area contributed by atoms with E-state index >= 15 is 0 Å². The predicted molar refractivity (Wildman–Crippen MR) is 92.1 cm³/mol. The summed E-state index contributed by atoms with van der Waals surface area (Å²) in [4.78, 5) is 19.0. The molecule has 1 amide bonds. The van der Waals surface area contributed by atoms with Crippen LogP contribution in [0.5, 0.6) is 0 Å². The van der Waals surface area contributed by atoms with E-state index in [0.29, 0.717) is 0 Å². The molecular formula is C19H21N3O2. The minimum Gasteiger partial charge on any atom is -0.502 e. The summed E-state index contributed by atoms with van der Waals surface area (Å²) < 4.78 is 0. The standard InChI is InChI=1S/C19H21N3O2/c23-16-12-21-18(22(19(16)24)14-7-2-1-3-8-14)17-15-9-5-4-6-13(15)10-11-20-17/h4-6,9-12,14,18,21,23H,1-3,7-8H2. The van der Waals surface area contributed by atoms with E-state index in [4.69, 9.17) is 0 Å². The van der Waals surface area contributed by atoms with Crippen molar-refractivity contribution in [3.63, 3.8) is 0 Å². The van der Waals surface area contributed by atoms with E-state index in [2.05, 4.69) is 10.3 Å². The molecule has 1 unspecified atom stereocenters.